The van der Waals surface area contributed by atoms with Gasteiger partial charge >= 0.3 is 0 Å². The van der Waals surface area contributed by atoms with E-state index in [1.165, 1.54) is 32.7 Å². The van der Waals surface area contributed by atoms with Crippen molar-refractivity contribution in [2.75, 3.05) is 0 Å². The Morgan fingerprint density at radius 2 is 1.22 bits per heavy atom. The molecule has 112 valence electrons. The molecule has 0 radical (unpaired) electrons. The Kier molecular flexibility index (Phi) is 4.54. The third kappa shape index (κ3) is 2.90. The fraction of sp³-hybridized carbons (Fsp3) is 0. The average Bonchev–Trinajstić information content (AvgIpc) is 2.61. The highest BCUT2D eigenvalue weighted by atomic mass is 79.9. The molecule has 0 aliphatic heterocycles. The zero-order valence-corrected chi connectivity index (χ0v) is 14.1. The van der Waals surface area contributed by atoms with Gasteiger partial charge in [-0.15, -0.1) is 0 Å². The van der Waals surface area contributed by atoms with Crippen molar-refractivity contribution in [1.29, 1.82) is 0 Å². The molecule has 4 rings (SSSR count). The van der Waals surface area contributed by atoms with Crippen molar-refractivity contribution in [3.8, 4) is 11.1 Å². The summed E-state index contributed by atoms with van der Waals surface area (Å²) in [6.07, 6.45) is 0. The molecule has 0 saturated heterocycles. The van der Waals surface area contributed by atoms with Crippen LogP contribution in [0.15, 0.2) is 83.3 Å². The smallest absolute Gasteiger partial charge is 0.106 e. The van der Waals surface area contributed by atoms with Crippen LogP contribution >= 0.6 is 15.9 Å². The molecule has 0 fully saturated rings. The first-order valence-corrected chi connectivity index (χ1v) is 8.07. The number of carbonyl (C=O) groups is 1. The van der Waals surface area contributed by atoms with Crippen LogP contribution in [0.2, 0.25) is 0 Å². The number of rotatable bonds is 1. The van der Waals surface area contributed by atoms with E-state index < -0.39 is 0 Å². The summed E-state index contributed by atoms with van der Waals surface area (Å²) >= 11 is 3.59. The topological polar surface area (TPSA) is 17.1 Å². The van der Waals surface area contributed by atoms with Gasteiger partial charge in [0.15, 0.2) is 0 Å². The van der Waals surface area contributed by atoms with Crippen LogP contribution in [0.4, 0.5) is 0 Å². The van der Waals surface area contributed by atoms with Crippen molar-refractivity contribution < 1.29 is 4.79 Å². The van der Waals surface area contributed by atoms with Crippen molar-refractivity contribution in [2.24, 2.45) is 0 Å². The Morgan fingerprint density at radius 3 is 1.78 bits per heavy atom. The Bertz CT molecular complexity index is 921. The Morgan fingerprint density at radius 1 is 0.652 bits per heavy atom. The SMILES string of the molecule is Brc1cccc(-c2c3ccccc3cc3ccccc23)c1.C=O. The summed E-state index contributed by atoms with van der Waals surface area (Å²) in [6, 6.07) is 28.0. The quantitative estimate of drug-likeness (QED) is 0.366. The summed E-state index contributed by atoms with van der Waals surface area (Å²) < 4.78 is 1.11. The van der Waals surface area contributed by atoms with E-state index >= 15 is 0 Å². The van der Waals surface area contributed by atoms with E-state index in [2.05, 4.69) is 94.8 Å². The first-order valence-electron chi connectivity index (χ1n) is 7.28. The normalized spacial score (nSPS) is 10.3. The first-order chi connectivity index (χ1) is 11.3. The highest BCUT2D eigenvalue weighted by Crippen LogP contribution is 2.36. The van der Waals surface area contributed by atoms with Gasteiger partial charge in [-0.3, -0.25) is 0 Å². The standard InChI is InChI=1S/C20H13Br.CH2O/c21-17-9-5-8-16(13-17)20-18-10-3-1-6-14(18)12-15-7-2-4-11-19(15)20;1-2/h1-13H;1H2. The Labute approximate surface area is 143 Å². The maximum absolute atomic E-state index is 8.00. The highest BCUT2D eigenvalue weighted by Gasteiger charge is 2.09. The van der Waals surface area contributed by atoms with E-state index in [1.54, 1.807) is 0 Å². The van der Waals surface area contributed by atoms with Crippen LogP contribution in [0.25, 0.3) is 32.7 Å². The predicted octanol–water partition coefficient (Wildman–Crippen LogP) is 6.24. The van der Waals surface area contributed by atoms with Crippen LogP contribution < -0.4 is 0 Å². The van der Waals surface area contributed by atoms with Gasteiger partial charge in [-0.2, -0.15) is 0 Å². The number of carbonyl (C=O) groups excluding carboxylic acids is 1. The highest BCUT2D eigenvalue weighted by molar-refractivity contribution is 9.10. The molecule has 4 aromatic carbocycles. The molecule has 0 atom stereocenters. The largest absolute Gasteiger partial charge is 0.307 e. The van der Waals surface area contributed by atoms with Gasteiger partial charge in [0.05, 0.1) is 0 Å². The number of hydrogen-bond acceptors (Lipinski definition) is 1. The Hall–Kier alpha value is -2.45. The fourth-order valence-corrected chi connectivity index (χ4v) is 3.37. The molecule has 0 aliphatic rings. The lowest BCUT2D eigenvalue weighted by atomic mass is 9.92. The van der Waals surface area contributed by atoms with E-state index in [4.69, 9.17) is 4.79 Å². The van der Waals surface area contributed by atoms with Gasteiger partial charge in [0.25, 0.3) is 0 Å². The van der Waals surface area contributed by atoms with Gasteiger partial charge in [-0.25, -0.2) is 0 Å². The molecule has 1 nitrogen and oxygen atoms in total. The molecule has 0 saturated carbocycles. The van der Waals surface area contributed by atoms with Gasteiger partial charge in [0, 0.05) is 4.47 Å². The van der Waals surface area contributed by atoms with E-state index in [1.807, 2.05) is 6.79 Å². The minimum atomic E-state index is 1.11. The minimum Gasteiger partial charge on any atom is -0.307 e. The third-order valence-electron chi connectivity index (χ3n) is 3.88. The lowest BCUT2D eigenvalue weighted by molar-refractivity contribution is -0.0979. The number of hydrogen-bond donors (Lipinski definition) is 0. The number of halogens is 1. The maximum atomic E-state index is 8.00. The zero-order chi connectivity index (χ0) is 16.2. The summed E-state index contributed by atoms with van der Waals surface area (Å²) in [4.78, 5) is 8.00. The van der Waals surface area contributed by atoms with Crippen LogP contribution in [0.1, 0.15) is 0 Å². The summed E-state index contributed by atoms with van der Waals surface area (Å²) in [5.74, 6) is 0. The molecule has 0 unspecified atom stereocenters. The summed E-state index contributed by atoms with van der Waals surface area (Å²) in [7, 11) is 0. The average molecular weight is 363 g/mol. The summed E-state index contributed by atoms with van der Waals surface area (Å²) in [5.41, 5.74) is 2.56. The van der Waals surface area contributed by atoms with Gasteiger partial charge < -0.3 is 4.79 Å². The van der Waals surface area contributed by atoms with Crippen LogP contribution in [0.5, 0.6) is 0 Å². The molecule has 0 bridgehead atoms. The fourth-order valence-electron chi connectivity index (χ4n) is 2.97. The van der Waals surface area contributed by atoms with Crippen molar-refractivity contribution >= 4 is 44.3 Å². The molecular weight excluding hydrogens is 348 g/mol. The maximum Gasteiger partial charge on any atom is 0.106 e. The van der Waals surface area contributed by atoms with Crippen molar-refractivity contribution in [1.82, 2.24) is 0 Å². The van der Waals surface area contributed by atoms with Crippen LogP contribution in [0.3, 0.4) is 0 Å². The molecular formula is C21H15BrO. The van der Waals surface area contributed by atoms with E-state index in [0.717, 1.165) is 4.47 Å². The van der Waals surface area contributed by atoms with E-state index in [9.17, 15) is 0 Å². The van der Waals surface area contributed by atoms with E-state index in [0.29, 0.717) is 0 Å². The first kappa shape index (κ1) is 15.4. The van der Waals surface area contributed by atoms with Crippen molar-refractivity contribution in [3.05, 3.63) is 83.3 Å². The van der Waals surface area contributed by atoms with Crippen LogP contribution in [0, 0.1) is 0 Å². The second kappa shape index (κ2) is 6.76. The summed E-state index contributed by atoms with van der Waals surface area (Å²) in [6.45, 7) is 2.00. The third-order valence-corrected chi connectivity index (χ3v) is 4.38. The van der Waals surface area contributed by atoms with Gasteiger partial charge in [0.2, 0.25) is 0 Å². The lowest BCUT2D eigenvalue weighted by Gasteiger charge is -2.12. The second-order valence-corrected chi connectivity index (χ2v) is 6.12. The summed E-state index contributed by atoms with van der Waals surface area (Å²) in [5, 5.41) is 5.17. The van der Waals surface area contributed by atoms with Crippen LogP contribution in [-0.4, -0.2) is 6.79 Å². The Balaban J connectivity index is 0.000000753. The van der Waals surface area contributed by atoms with E-state index in [-0.39, 0.29) is 0 Å². The number of fused-ring (bicyclic) bond motifs is 2. The monoisotopic (exact) mass is 362 g/mol. The van der Waals surface area contributed by atoms with Gasteiger partial charge in [0.1, 0.15) is 6.79 Å². The van der Waals surface area contributed by atoms with Crippen molar-refractivity contribution in [3.63, 3.8) is 0 Å². The molecule has 23 heavy (non-hydrogen) atoms. The second-order valence-electron chi connectivity index (χ2n) is 5.20. The molecule has 0 aromatic heterocycles. The molecule has 0 spiro atoms. The number of benzene rings is 4. The van der Waals surface area contributed by atoms with Gasteiger partial charge in [-0.05, 0) is 50.9 Å². The zero-order valence-electron chi connectivity index (χ0n) is 12.5. The van der Waals surface area contributed by atoms with Crippen LogP contribution in [-0.2, 0) is 4.79 Å². The minimum absolute atomic E-state index is 1.11. The molecule has 0 aliphatic carbocycles. The molecule has 0 N–H and O–H groups in total. The lowest BCUT2D eigenvalue weighted by Crippen LogP contribution is -1.85. The predicted molar refractivity (Wildman–Crippen MR) is 102 cm³/mol. The molecule has 0 heterocycles. The van der Waals surface area contributed by atoms with Crippen molar-refractivity contribution in [2.45, 2.75) is 0 Å². The molecule has 2 heteroatoms. The molecule has 4 aromatic rings. The van der Waals surface area contributed by atoms with Gasteiger partial charge in [-0.1, -0.05) is 76.6 Å². The molecule has 0 amide bonds.